The number of likely N-dealkylation sites (tertiary alicyclic amines) is 1. The van der Waals surface area contributed by atoms with Crippen LogP contribution in [0.2, 0.25) is 0 Å². The van der Waals surface area contributed by atoms with E-state index >= 15 is 0 Å². The van der Waals surface area contributed by atoms with Gasteiger partial charge >= 0.3 is 0 Å². The third-order valence-corrected chi connectivity index (χ3v) is 6.23. The molecule has 1 N–H and O–H groups in total. The Bertz CT molecular complexity index is 750. The van der Waals surface area contributed by atoms with Crippen LogP contribution >= 0.6 is 11.3 Å². The van der Waals surface area contributed by atoms with Gasteiger partial charge in [-0.1, -0.05) is 19.1 Å². The third kappa shape index (κ3) is 4.27. The molecule has 1 unspecified atom stereocenters. The molecule has 0 radical (unpaired) electrons. The van der Waals surface area contributed by atoms with Gasteiger partial charge in [-0.3, -0.25) is 9.69 Å². The Hall–Kier alpha value is -1.85. The number of rotatable bonds is 7. The van der Waals surface area contributed by atoms with Crippen molar-refractivity contribution in [2.45, 2.75) is 39.2 Å². The van der Waals surface area contributed by atoms with Gasteiger partial charge in [0.25, 0.3) is 5.91 Å². The number of thiophene rings is 1. The lowest BCUT2D eigenvalue weighted by molar-refractivity contribution is 0.0942. The molecule has 0 aliphatic carbocycles. The van der Waals surface area contributed by atoms with E-state index < -0.39 is 0 Å². The molecule has 1 aromatic heterocycles. The standard InChI is InChI=1S/C21H28N2O2S/c1-4-16-13-20(26-15(16)2)21(24)22-14-19(23-10-5-6-11-23)17-8-7-9-18(12-17)25-3/h7-9,12-13,19H,4-6,10-11,14H2,1-3H3,(H,22,24). The lowest BCUT2D eigenvalue weighted by atomic mass is 10.0. The van der Waals surface area contributed by atoms with E-state index in [2.05, 4.69) is 36.2 Å². The molecule has 140 valence electrons. The van der Waals surface area contributed by atoms with Crippen molar-refractivity contribution in [2.24, 2.45) is 0 Å². The quantitative estimate of drug-likeness (QED) is 0.792. The first-order valence-corrected chi connectivity index (χ1v) is 10.2. The molecule has 0 saturated carbocycles. The van der Waals surface area contributed by atoms with Gasteiger partial charge in [-0.05, 0) is 68.6 Å². The first-order chi connectivity index (χ1) is 12.6. The van der Waals surface area contributed by atoms with Crippen molar-refractivity contribution in [2.75, 3.05) is 26.7 Å². The van der Waals surface area contributed by atoms with Gasteiger partial charge < -0.3 is 10.1 Å². The first kappa shape index (κ1) is 18.9. The SMILES string of the molecule is CCc1cc(C(=O)NCC(c2cccc(OC)c2)N2CCCC2)sc1C. The number of aryl methyl sites for hydroxylation is 2. The Morgan fingerprint density at radius 1 is 1.31 bits per heavy atom. The van der Waals surface area contributed by atoms with Crippen LogP contribution in [-0.2, 0) is 6.42 Å². The van der Waals surface area contributed by atoms with Gasteiger partial charge in [-0.15, -0.1) is 11.3 Å². The molecule has 26 heavy (non-hydrogen) atoms. The number of nitrogens with zero attached hydrogens (tertiary/aromatic N) is 1. The molecule has 1 amide bonds. The minimum atomic E-state index is 0.0323. The summed E-state index contributed by atoms with van der Waals surface area (Å²) in [6.07, 6.45) is 3.41. The van der Waals surface area contributed by atoms with Crippen molar-refractivity contribution in [1.29, 1.82) is 0 Å². The van der Waals surface area contributed by atoms with Crippen molar-refractivity contribution in [3.63, 3.8) is 0 Å². The van der Waals surface area contributed by atoms with Crippen LogP contribution in [0.15, 0.2) is 30.3 Å². The fraction of sp³-hybridized carbons (Fsp3) is 0.476. The highest BCUT2D eigenvalue weighted by Crippen LogP contribution is 2.28. The minimum absolute atomic E-state index is 0.0323. The van der Waals surface area contributed by atoms with E-state index in [1.54, 1.807) is 18.4 Å². The molecule has 3 rings (SSSR count). The third-order valence-electron chi connectivity index (χ3n) is 5.14. The van der Waals surface area contributed by atoms with Crippen LogP contribution in [0, 0.1) is 6.92 Å². The number of hydrogen-bond acceptors (Lipinski definition) is 4. The number of amides is 1. The normalized spacial score (nSPS) is 15.8. The maximum atomic E-state index is 12.7. The van der Waals surface area contributed by atoms with E-state index in [0.29, 0.717) is 6.54 Å². The largest absolute Gasteiger partial charge is 0.497 e. The summed E-state index contributed by atoms with van der Waals surface area (Å²) in [6, 6.07) is 10.4. The van der Waals surface area contributed by atoms with Gasteiger partial charge in [0.15, 0.2) is 0 Å². The van der Waals surface area contributed by atoms with Gasteiger partial charge in [0.05, 0.1) is 18.0 Å². The number of benzene rings is 1. The monoisotopic (exact) mass is 372 g/mol. The molecule has 0 spiro atoms. The average Bonchev–Trinajstić information content (AvgIpc) is 3.31. The zero-order valence-corrected chi connectivity index (χ0v) is 16.7. The molecule has 1 aliphatic heterocycles. The van der Waals surface area contributed by atoms with Crippen LogP contribution < -0.4 is 10.1 Å². The van der Waals surface area contributed by atoms with Crippen molar-refractivity contribution in [3.8, 4) is 5.75 Å². The molecule has 4 nitrogen and oxygen atoms in total. The second-order valence-electron chi connectivity index (χ2n) is 6.79. The Balaban J connectivity index is 1.74. The predicted octanol–water partition coefficient (Wildman–Crippen LogP) is 4.19. The van der Waals surface area contributed by atoms with E-state index in [-0.39, 0.29) is 11.9 Å². The fourth-order valence-corrected chi connectivity index (χ4v) is 4.65. The van der Waals surface area contributed by atoms with Crippen molar-refractivity contribution < 1.29 is 9.53 Å². The average molecular weight is 373 g/mol. The highest BCUT2D eigenvalue weighted by atomic mass is 32.1. The Labute approximate surface area is 160 Å². The first-order valence-electron chi connectivity index (χ1n) is 9.38. The molecule has 2 heterocycles. The number of nitrogens with one attached hydrogen (secondary N) is 1. The number of hydrogen-bond donors (Lipinski definition) is 1. The Morgan fingerprint density at radius 2 is 2.08 bits per heavy atom. The maximum Gasteiger partial charge on any atom is 0.261 e. The maximum absolute atomic E-state index is 12.7. The number of methoxy groups -OCH3 is 1. The molecule has 0 bridgehead atoms. The highest BCUT2D eigenvalue weighted by Gasteiger charge is 2.24. The molecule has 2 aromatic rings. The van der Waals surface area contributed by atoms with Crippen molar-refractivity contribution >= 4 is 17.2 Å². The number of carbonyl (C=O) groups is 1. The zero-order valence-electron chi connectivity index (χ0n) is 15.9. The molecule has 1 saturated heterocycles. The summed E-state index contributed by atoms with van der Waals surface area (Å²) in [6.45, 7) is 6.99. The zero-order chi connectivity index (χ0) is 18.5. The fourth-order valence-electron chi connectivity index (χ4n) is 3.62. The molecule has 1 fully saturated rings. The number of ether oxygens (including phenoxy) is 1. The van der Waals surface area contributed by atoms with Crippen LogP contribution in [-0.4, -0.2) is 37.6 Å². The Morgan fingerprint density at radius 3 is 2.73 bits per heavy atom. The van der Waals surface area contributed by atoms with E-state index in [0.717, 1.165) is 30.1 Å². The minimum Gasteiger partial charge on any atom is -0.497 e. The molecule has 1 aromatic carbocycles. The van der Waals surface area contributed by atoms with Gasteiger partial charge in [-0.25, -0.2) is 0 Å². The molecule has 5 heteroatoms. The molecule has 1 atom stereocenters. The molecular formula is C21H28N2O2S. The summed E-state index contributed by atoms with van der Waals surface area (Å²) >= 11 is 1.59. The van der Waals surface area contributed by atoms with E-state index in [1.807, 2.05) is 18.2 Å². The second-order valence-corrected chi connectivity index (χ2v) is 8.05. The summed E-state index contributed by atoms with van der Waals surface area (Å²) < 4.78 is 5.39. The van der Waals surface area contributed by atoms with Crippen molar-refractivity contribution in [1.82, 2.24) is 10.2 Å². The lowest BCUT2D eigenvalue weighted by Crippen LogP contribution is -2.36. The van der Waals surface area contributed by atoms with Gasteiger partial charge in [0.2, 0.25) is 0 Å². The van der Waals surface area contributed by atoms with E-state index in [1.165, 1.54) is 28.8 Å². The highest BCUT2D eigenvalue weighted by molar-refractivity contribution is 7.14. The summed E-state index contributed by atoms with van der Waals surface area (Å²) in [4.78, 5) is 17.2. The summed E-state index contributed by atoms with van der Waals surface area (Å²) in [7, 11) is 1.69. The molecular weight excluding hydrogens is 344 g/mol. The molecule has 1 aliphatic rings. The van der Waals surface area contributed by atoms with Crippen LogP contribution in [0.1, 0.15) is 51.5 Å². The summed E-state index contributed by atoms with van der Waals surface area (Å²) in [5.74, 6) is 0.893. The van der Waals surface area contributed by atoms with Crippen LogP contribution in [0.4, 0.5) is 0 Å². The van der Waals surface area contributed by atoms with E-state index in [4.69, 9.17) is 4.74 Å². The number of carbonyl (C=O) groups excluding carboxylic acids is 1. The van der Waals surface area contributed by atoms with Gasteiger partial charge in [0, 0.05) is 11.4 Å². The van der Waals surface area contributed by atoms with Crippen LogP contribution in [0.3, 0.4) is 0 Å². The second kappa shape index (κ2) is 8.69. The van der Waals surface area contributed by atoms with Crippen LogP contribution in [0.25, 0.3) is 0 Å². The smallest absolute Gasteiger partial charge is 0.261 e. The summed E-state index contributed by atoms with van der Waals surface area (Å²) in [5.41, 5.74) is 2.46. The predicted molar refractivity (Wildman–Crippen MR) is 107 cm³/mol. The van der Waals surface area contributed by atoms with Crippen molar-refractivity contribution in [3.05, 3.63) is 51.2 Å². The van der Waals surface area contributed by atoms with Gasteiger partial charge in [-0.2, -0.15) is 0 Å². The van der Waals surface area contributed by atoms with Crippen LogP contribution in [0.5, 0.6) is 5.75 Å². The Kier molecular flexibility index (Phi) is 6.33. The van der Waals surface area contributed by atoms with Gasteiger partial charge in [0.1, 0.15) is 5.75 Å². The lowest BCUT2D eigenvalue weighted by Gasteiger charge is -2.28. The topological polar surface area (TPSA) is 41.6 Å². The summed E-state index contributed by atoms with van der Waals surface area (Å²) in [5, 5.41) is 3.17. The van der Waals surface area contributed by atoms with E-state index in [9.17, 15) is 4.79 Å².